The topological polar surface area (TPSA) is 72.8 Å². The quantitative estimate of drug-likeness (QED) is 0.188. The average molecular weight is 495 g/mol. The summed E-state index contributed by atoms with van der Waals surface area (Å²) in [4.78, 5) is 24.4. The summed E-state index contributed by atoms with van der Waals surface area (Å²) in [5.74, 6) is 1.44. The van der Waals surface area contributed by atoms with E-state index in [1.165, 1.54) is 7.11 Å². The summed E-state index contributed by atoms with van der Waals surface area (Å²) in [7, 11) is 1.41. The Kier molecular flexibility index (Phi) is 12.7. The van der Waals surface area contributed by atoms with Gasteiger partial charge in [0.2, 0.25) is 0 Å². The number of allylic oxidation sites excluding steroid dienone is 3. The van der Waals surface area contributed by atoms with Gasteiger partial charge in [-0.05, 0) is 49.1 Å². The smallest absolute Gasteiger partial charge is 0.310 e. The Bertz CT molecular complexity index is 818. The molecule has 0 aliphatic heterocycles. The second kappa shape index (κ2) is 15.2. The van der Waals surface area contributed by atoms with Crippen molar-refractivity contribution in [3.63, 3.8) is 0 Å². The van der Waals surface area contributed by atoms with Gasteiger partial charge in [-0.1, -0.05) is 49.2 Å². The molecule has 1 aromatic rings. The number of unbranched alkanes of at least 4 members (excludes halogenated alkanes) is 2. The molecule has 5 nitrogen and oxygen atoms in total. The van der Waals surface area contributed by atoms with Crippen LogP contribution in [0.25, 0.3) is 0 Å². The number of methoxy groups -OCH3 is 1. The zero-order chi connectivity index (χ0) is 24.1. The number of esters is 2. The van der Waals surface area contributed by atoms with Crippen molar-refractivity contribution < 1.29 is 24.2 Å². The molecule has 0 spiro atoms. The molecule has 0 saturated heterocycles. The van der Waals surface area contributed by atoms with Crippen LogP contribution in [0.1, 0.15) is 63.9 Å². The monoisotopic (exact) mass is 494 g/mol. The fourth-order valence-electron chi connectivity index (χ4n) is 3.64. The van der Waals surface area contributed by atoms with Crippen molar-refractivity contribution in [2.24, 2.45) is 5.92 Å². The van der Waals surface area contributed by atoms with Crippen LogP contribution in [-0.2, 0) is 25.5 Å². The van der Waals surface area contributed by atoms with Crippen molar-refractivity contribution >= 4 is 35.3 Å². The molecule has 1 aromatic carbocycles. The van der Waals surface area contributed by atoms with E-state index in [9.17, 15) is 14.7 Å². The lowest BCUT2D eigenvalue weighted by atomic mass is 10.0. The van der Waals surface area contributed by atoms with Crippen LogP contribution in [0.15, 0.2) is 47.1 Å². The molecule has 33 heavy (non-hydrogen) atoms. The molecule has 2 unspecified atom stereocenters. The third kappa shape index (κ3) is 10.4. The zero-order valence-corrected chi connectivity index (χ0v) is 21.1. The number of carbonyl (C=O) groups excluding carboxylic acids is 2. The highest BCUT2D eigenvalue weighted by Gasteiger charge is 2.27. The number of thioether (sulfide) groups is 1. The minimum Gasteiger partial charge on any atom is -0.469 e. The Balaban J connectivity index is 1.94. The number of rotatable bonds is 14. The van der Waals surface area contributed by atoms with Gasteiger partial charge in [0.25, 0.3) is 0 Å². The summed E-state index contributed by atoms with van der Waals surface area (Å²) >= 11 is 7.65. The van der Waals surface area contributed by atoms with Gasteiger partial charge in [0.05, 0.1) is 13.2 Å². The Morgan fingerprint density at radius 2 is 1.94 bits per heavy atom. The molecule has 0 radical (unpaired) electrons. The maximum Gasteiger partial charge on any atom is 0.310 e. The predicted molar refractivity (Wildman–Crippen MR) is 134 cm³/mol. The Labute approximate surface area is 206 Å². The molecular formula is C26H35ClO5S. The van der Waals surface area contributed by atoms with Crippen LogP contribution in [0.4, 0.5) is 0 Å². The molecule has 0 heterocycles. The highest BCUT2D eigenvalue weighted by atomic mass is 35.5. The fourth-order valence-corrected chi connectivity index (χ4v) is 5.05. The van der Waals surface area contributed by atoms with Gasteiger partial charge in [-0.2, -0.15) is 0 Å². The van der Waals surface area contributed by atoms with E-state index in [1.807, 2.05) is 43.3 Å². The molecule has 7 heteroatoms. The van der Waals surface area contributed by atoms with Gasteiger partial charge < -0.3 is 14.6 Å². The lowest BCUT2D eigenvalue weighted by Gasteiger charge is -2.13. The largest absolute Gasteiger partial charge is 0.469 e. The number of benzene rings is 1. The Morgan fingerprint density at radius 1 is 1.18 bits per heavy atom. The normalized spacial score (nSPS) is 16.9. The van der Waals surface area contributed by atoms with Crippen LogP contribution in [0.2, 0.25) is 5.02 Å². The number of carbonyl (C=O) groups is 2. The van der Waals surface area contributed by atoms with E-state index in [2.05, 4.69) is 4.74 Å². The minimum atomic E-state index is -0.595. The summed E-state index contributed by atoms with van der Waals surface area (Å²) in [5, 5.41) is 11.2. The molecule has 0 bridgehead atoms. The first-order chi connectivity index (χ1) is 15.9. The zero-order valence-electron chi connectivity index (χ0n) is 19.6. The number of hydrogen-bond donors (Lipinski definition) is 1. The molecule has 0 saturated carbocycles. The Morgan fingerprint density at radius 3 is 2.64 bits per heavy atom. The minimum absolute atomic E-state index is 0.134. The van der Waals surface area contributed by atoms with Crippen LogP contribution >= 0.6 is 23.4 Å². The average Bonchev–Trinajstić information content (AvgIpc) is 3.17. The first kappa shape index (κ1) is 27.5. The standard InChI is InChI=1S/C26H35ClO5S/c1-3-7-25(30)32-23-16-12-20(26(23)33-17-6-4-5-8-24(29)31-2)11-15-22(28)18-19-9-13-21(27)14-10-19/h9-11,13-15,20,22,28H,3-8,12,16-18H2,1-2H3/b15-11+. The number of hydrogen-bond acceptors (Lipinski definition) is 6. The Hall–Kier alpha value is -1.76. The SMILES string of the molecule is CCCC(=O)OC1=C(SCCCCCC(=O)OC)C(/C=C/C(O)Cc2ccc(Cl)cc2)CC1. The van der Waals surface area contributed by atoms with Crippen LogP contribution < -0.4 is 0 Å². The molecule has 1 N–H and O–H groups in total. The first-order valence-corrected chi connectivity index (χ1v) is 13.0. The van der Waals surface area contributed by atoms with Crippen molar-refractivity contribution in [1.82, 2.24) is 0 Å². The summed E-state index contributed by atoms with van der Waals surface area (Å²) < 4.78 is 10.4. The van der Waals surface area contributed by atoms with E-state index in [4.69, 9.17) is 16.3 Å². The number of aliphatic hydroxyl groups excluding tert-OH is 1. The molecule has 0 amide bonds. The van der Waals surface area contributed by atoms with Gasteiger partial charge in [-0.25, -0.2) is 0 Å². The van der Waals surface area contributed by atoms with Crippen molar-refractivity contribution in [1.29, 1.82) is 0 Å². The summed E-state index contributed by atoms with van der Waals surface area (Å²) in [6.07, 6.45) is 9.74. The number of aliphatic hydroxyl groups is 1. The van der Waals surface area contributed by atoms with Crippen LogP contribution in [0, 0.1) is 5.92 Å². The first-order valence-electron chi connectivity index (χ1n) is 11.7. The van der Waals surface area contributed by atoms with Gasteiger partial charge >= 0.3 is 11.9 Å². The predicted octanol–water partition coefficient (Wildman–Crippen LogP) is 6.23. The molecule has 0 fully saturated rings. The molecule has 2 atom stereocenters. The van der Waals surface area contributed by atoms with E-state index < -0.39 is 6.10 Å². The van der Waals surface area contributed by atoms with E-state index in [1.54, 1.807) is 11.8 Å². The lowest BCUT2D eigenvalue weighted by Crippen LogP contribution is -2.08. The van der Waals surface area contributed by atoms with Crippen molar-refractivity contribution in [2.45, 2.75) is 70.8 Å². The molecule has 1 aliphatic rings. The van der Waals surface area contributed by atoms with Gasteiger partial charge in [0.15, 0.2) is 0 Å². The highest BCUT2D eigenvalue weighted by Crippen LogP contribution is 2.41. The third-order valence-corrected chi connectivity index (χ3v) is 7.01. The summed E-state index contributed by atoms with van der Waals surface area (Å²) in [6, 6.07) is 7.48. The van der Waals surface area contributed by atoms with Crippen molar-refractivity contribution in [3.05, 3.63) is 57.7 Å². The van der Waals surface area contributed by atoms with Gasteiger partial charge in [0.1, 0.15) is 5.76 Å². The maximum absolute atomic E-state index is 12.1. The van der Waals surface area contributed by atoms with E-state index in [0.717, 1.165) is 60.5 Å². The van der Waals surface area contributed by atoms with E-state index in [-0.39, 0.29) is 17.9 Å². The number of halogens is 1. The fraction of sp³-hybridized carbons (Fsp3) is 0.538. The second-order valence-corrected chi connectivity index (χ2v) is 9.75. The van der Waals surface area contributed by atoms with Crippen LogP contribution in [-0.4, -0.2) is 36.0 Å². The molecule has 0 aromatic heterocycles. The summed E-state index contributed by atoms with van der Waals surface area (Å²) in [6.45, 7) is 1.96. The second-order valence-electron chi connectivity index (χ2n) is 8.17. The highest BCUT2D eigenvalue weighted by molar-refractivity contribution is 8.03. The molecule has 1 aliphatic carbocycles. The van der Waals surface area contributed by atoms with Gasteiger partial charge in [0, 0.05) is 41.5 Å². The van der Waals surface area contributed by atoms with Gasteiger partial charge in [-0.15, -0.1) is 11.8 Å². The van der Waals surface area contributed by atoms with E-state index >= 15 is 0 Å². The van der Waals surface area contributed by atoms with Crippen molar-refractivity contribution in [3.8, 4) is 0 Å². The van der Waals surface area contributed by atoms with Crippen molar-refractivity contribution in [2.75, 3.05) is 12.9 Å². The summed E-state index contributed by atoms with van der Waals surface area (Å²) in [5.41, 5.74) is 1.02. The molecular weight excluding hydrogens is 460 g/mol. The van der Waals surface area contributed by atoms with Crippen LogP contribution in [0.5, 0.6) is 0 Å². The molecule has 182 valence electrons. The van der Waals surface area contributed by atoms with E-state index in [0.29, 0.717) is 24.3 Å². The number of ether oxygens (including phenoxy) is 2. The van der Waals surface area contributed by atoms with Gasteiger partial charge in [-0.3, -0.25) is 9.59 Å². The van der Waals surface area contributed by atoms with Crippen LogP contribution in [0.3, 0.4) is 0 Å². The maximum atomic E-state index is 12.1. The molecule has 2 rings (SSSR count). The lowest BCUT2D eigenvalue weighted by molar-refractivity contribution is -0.141. The third-order valence-electron chi connectivity index (χ3n) is 5.42.